The van der Waals surface area contributed by atoms with Gasteiger partial charge in [-0.1, -0.05) is 29.5 Å². The van der Waals surface area contributed by atoms with Crippen LogP contribution >= 0.6 is 11.8 Å². The quantitative estimate of drug-likeness (QED) is 0.450. The fourth-order valence-corrected chi connectivity index (χ4v) is 3.87. The van der Waals surface area contributed by atoms with E-state index < -0.39 is 0 Å². The van der Waals surface area contributed by atoms with Crippen molar-refractivity contribution in [2.75, 3.05) is 18.2 Å². The Morgan fingerprint density at radius 2 is 1.90 bits per heavy atom. The number of aryl methyl sites for hydroxylation is 2. The van der Waals surface area contributed by atoms with Crippen LogP contribution in [0.15, 0.2) is 58.5 Å². The minimum Gasteiger partial charge on any atom is -0.497 e. The molecule has 0 atom stereocenters. The van der Waals surface area contributed by atoms with E-state index in [1.54, 1.807) is 7.11 Å². The van der Waals surface area contributed by atoms with Crippen molar-refractivity contribution < 1.29 is 9.53 Å². The van der Waals surface area contributed by atoms with Crippen LogP contribution < -0.4 is 15.6 Å². The van der Waals surface area contributed by atoms with Gasteiger partial charge in [0.2, 0.25) is 5.91 Å². The lowest BCUT2D eigenvalue weighted by molar-refractivity contribution is -0.113. The van der Waals surface area contributed by atoms with E-state index in [9.17, 15) is 9.59 Å². The second-order valence-corrected chi connectivity index (χ2v) is 7.97. The highest BCUT2D eigenvalue weighted by Crippen LogP contribution is 2.24. The Morgan fingerprint density at radius 1 is 1.13 bits per heavy atom. The molecule has 0 aliphatic carbocycles. The van der Waals surface area contributed by atoms with Gasteiger partial charge in [-0.05, 0) is 49.7 Å². The largest absolute Gasteiger partial charge is 0.497 e. The Kier molecular flexibility index (Phi) is 5.77. The average Bonchev–Trinajstić information content (AvgIpc) is 3.14. The van der Waals surface area contributed by atoms with Crippen molar-refractivity contribution >= 4 is 29.0 Å². The summed E-state index contributed by atoms with van der Waals surface area (Å²) in [6.45, 7) is 3.96. The molecule has 2 heterocycles. The summed E-state index contributed by atoms with van der Waals surface area (Å²) in [4.78, 5) is 33.4. The number of ether oxygens (including phenoxy) is 1. The maximum Gasteiger partial charge on any atom is 0.266 e. The number of rotatable bonds is 6. The summed E-state index contributed by atoms with van der Waals surface area (Å²) in [5.41, 5.74) is 3.83. The summed E-state index contributed by atoms with van der Waals surface area (Å²) in [5, 5.41) is 6.06. The van der Waals surface area contributed by atoms with Gasteiger partial charge >= 0.3 is 0 Å². The number of benzene rings is 2. The Balaban J connectivity index is 1.58. The van der Waals surface area contributed by atoms with Crippen molar-refractivity contribution in [3.05, 3.63) is 70.0 Å². The summed E-state index contributed by atoms with van der Waals surface area (Å²) in [6, 6.07) is 14.6. The number of fused-ring (bicyclic) bond motifs is 1. The van der Waals surface area contributed by atoms with Crippen LogP contribution in [0.4, 0.5) is 5.69 Å². The zero-order chi connectivity index (χ0) is 22.0. The highest BCUT2D eigenvalue weighted by molar-refractivity contribution is 7.99. The van der Waals surface area contributed by atoms with Crippen LogP contribution in [-0.2, 0) is 4.79 Å². The summed E-state index contributed by atoms with van der Waals surface area (Å²) >= 11 is 1.22. The Hall–Kier alpha value is -3.59. The number of aromatic nitrogens is 4. The molecule has 2 aromatic carbocycles. The van der Waals surface area contributed by atoms with Gasteiger partial charge in [0.15, 0.2) is 16.6 Å². The standard InChI is InChI=1S/C22H21N5O3S/c1-13-4-9-17(14(2)10-13)23-20(29)12-31-22-25-21(15-5-7-16(30-3)8-6-15)24-18-11-19(28)26-27(18)22/h4-11H,12H2,1-3H3,(H,23,29)(H,26,28). The number of methoxy groups -OCH3 is 1. The number of hydrogen-bond acceptors (Lipinski definition) is 6. The van der Waals surface area contributed by atoms with E-state index in [0.717, 1.165) is 28.1 Å². The molecule has 9 heteroatoms. The fourth-order valence-electron chi connectivity index (χ4n) is 3.12. The third-order valence-corrected chi connectivity index (χ3v) is 5.60. The molecular weight excluding hydrogens is 414 g/mol. The molecule has 0 aliphatic heterocycles. The first-order valence-corrected chi connectivity index (χ1v) is 10.6. The number of hydrogen-bond donors (Lipinski definition) is 2. The number of H-pyrrole nitrogens is 1. The first-order valence-electron chi connectivity index (χ1n) is 9.57. The van der Waals surface area contributed by atoms with Crippen molar-refractivity contribution in [2.45, 2.75) is 19.0 Å². The normalized spacial score (nSPS) is 10.9. The minimum atomic E-state index is -0.289. The lowest BCUT2D eigenvalue weighted by Gasteiger charge is -2.10. The van der Waals surface area contributed by atoms with Gasteiger partial charge in [0, 0.05) is 17.3 Å². The van der Waals surface area contributed by atoms with Gasteiger partial charge in [-0.3, -0.25) is 14.7 Å². The van der Waals surface area contributed by atoms with E-state index in [-0.39, 0.29) is 17.2 Å². The van der Waals surface area contributed by atoms with Crippen LogP contribution in [0.3, 0.4) is 0 Å². The second-order valence-electron chi connectivity index (χ2n) is 7.03. The number of nitrogens with zero attached hydrogens (tertiary/aromatic N) is 3. The van der Waals surface area contributed by atoms with Crippen LogP contribution in [0.2, 0.25) is 0 Å². The summed E-state index contributed by atoms with van der Waals surface area (Å²) in [6.07, 6.45) is 0. The first-order chi connectivity index (χ1) is 14.9. The summed E-state index contributed by atoms with van der Waals surface area (Å²) < 4.78 is 6.68. The van der Waals surface area contributed by atoms with E-state index in [0.29, 0.717) is 16.6 Å². The molecule has 8 nitrogen and oxygen atoms in total. The number of aromatic amines is 1. The van der Waals surface area contributed by atoms with Gasteiger partial charge < -0.3 is 10.1 Å². The Labute approximate surface area is 182 Å². The van der Waals surface area contributed by atoms with Crippen molar-refractivity contribution in [1.82, 2.24) is 19.6 Å². The van der Waals surface area contributed by atoms with Gasteiger partial charge in [-0.2, -0.15) is 0 Å². The van der Waals surface area contributed by atoms with Gasteiger partial charge in [-0.25, -0.2) is 14.5 Å². The molecule has 0 radical (unpaired) electrons. The molecule has 2 aromatic heterocycles. The number of thioether (sulfide) groups is 1. The van der Waals surface area contributed by atoms with Gasteiger partial charge in [-0.15, -0.1) is 0 Å². The van der Waals surface area contributed by atoms with Crippen molar-refractivity contribution in [3.63, 3.8) is 0 Å². The second kappa shape index (κ2) is 8.65. The molecule has 31 heavy (non-hydrogen) atoms. The lowest BCUT2D eigenvalue weighted by Crippen LogP contribution is -2.16. The van der Waals surface area contributed by atoms with Crippen LogP contribution in [0.5, 0.6) is 5.75 Å². The van der Waals surface area contributed by atoms with Crippen LogP contribution in [0.1, 0.15) is 11.1 Å². The molecule has 2 N–H and O–H groups in total. The molecule has 0 fully saturated rings. The van der Waals surface area contributed by atoms with E-state index in [1.165, 1.54) is 22.3 Å². The first kappa shape index (κ1) is 20.7. The van der Waals surface area contributed by atoms with Crippen molar-refractivity contribution in [1.29, 1.82) is 0 Å². The van der Waals surface area contributed by atoms with Crippen molar-refractivity contribution in [2.24, 2.45) is 0 Å². The van der Waals surface area contributed by atoms with E-state index in [2.05, 4.69) is 20.4 Å². The lowest BCUT2D eigenvalue weighted by atomic mass is 10.1. The zero-order valence-corrected chi connectivity index (χ0v) is 18.1. The SMILES string of the molecule is COc1ccc(-c2nc(SCC(=O)Nc3ccc(C)cc3C)n3[nH]c(=O)cc3n2)cc1. The molecule has 0 saturated heterocycles. The molecule has 0 bridgehead atoms. The maximum atomic E-state index is 12.5. The van der Waals surface area contributed by atoms with Gasteiger partial charge in [0.05, 0.1) is 12.9 Å². The molecule has 0 saturated carbocycles. The molecule has 0 unspecified atom stereocenters. The van der Waals surface area contributed by atoms with Crippen molar-refractivity contribution in [3.8, 4) is 17.1 Å². The number of anilines is 1. The number of amides is 1. The van der Waals surface area contributed by atoms with Gasteiger partial charge in [0.25, 0.3) is 5.56 Å². The highest BCUT2D eigenvalue weighted by Gasteiger charge is 2.14. The molecule has 0 aliphatic rings. The molecule has 0 spiro atoms. The van der Waals surface area contributed by atoms with E-state index in [4.69, 9.17) is 4.74 Å². The monoisotopic (exact) mass is 435 g/mol. The smallest absolute Gasteiger partial charge is 0.266 e. The third kappa shape index (κ3) is 4.61. The zero-order valence-electron chi connectivity index (χ0n) is 17.3. The molecule has 158 valence electrons. The molecule has 4 rings (SSSR count). The maximum absolute atomic E-state index is 12.5. The van der Waals surface area contributed by atoms with Crippen LogP contribution in [0, 0.1) is 13.8 Å². The minimum absolute atomic E-state index is 0.127. The highest BCUT2D eigenvalue weighted by atomic mass is 32.2. The summed E-state index contributed by atoms with van der Waals surface area (Å²) in [7, 11) is 1.60. The Bertz CT molecular complexity index is 1310. The number of carbonyl (C=O) groups excluding carboxylic acids is 1. The fraction of sp³-hybridized carbons (Fsp3) is 0.182. The molecule has 1 amide bonds. The molecule has 4 aromatic rings. The van der Waals surface area contributed by atoms with Crippen LogP contribution in [-0.4, -0.2) is 38.4 Å². The number of carbonyl (C=O) groups is 1. The third-order valence-electron chi connectivity index (χ3n) is 4.66. The average molecular weight is 436 g/mol. The predicted molar refractivity (Wildman–Crippen MR) is 121 cm³/mol. The molecular formula is C22H21N5O3S. The number of nitrogens with one attached hydrogen (secondary N) is 2. The summed E-state index contributed by atoms with van der Waals surface area (Å²) in [5.74, 6) is 1.14. The van der Waals surface area contributed by atoms with E-state index in [1.807, 2.05) is 56.3 Å². The van der Waals surface area contributed by atoms with Crippen LogP contribution in [0.25, 0.3) is 17.0 Å². The topological polar surface area (TPSA) is 101 Å². The Morgan fingerprint density at radius 3 is 2.61 bits per heavy atom. The van der Waals surface area contributed by atoms with E-state index >= 15 is 0 Å². The predicted octanol–water partition coefficient (Wildman–Crippen LogP) is 3.44. The van der Waals surface area contributed by atoms with Gasteiger partial charge in [0.1, 0.15) is 5.75 Å².